The monoisotopic (exact) mass is 551 g/mol. The van der Waals surface area contributed by atoms with Gasteiger partial charge in [0.2, 0.25) is 0 Å². The molecule has 1 aromatic heterocycles. The van der Waals surface area contributed by atoms with Crippen molar-refractivity contribution in [3.05, 3.63) is 83.4 Å². The number of benzene rings is 3. The molecule has 0 spiro atoms. The number of hydrogen-bond acceptors (Lipinski definition) is 6. The van der Waals surface area contributed by atoms with Crippen molar-refractivity contribution in [3.8, 4) is 34.3 Å². The smallest absolute Gasteiger partial charge is 0.311 e. The number of thiophene rings is 1. The normalized spacial score (nSPS) is 13.6. The van der Waals surface area contributed by atoms with Gasteiger partial charge >= 0.3 is 5.97 Å². The third-order valence-corrected chi connectivity index (χ3v) is 8.33. The predicted octanol–water partition coefficient (Wildman–Crippen LogP) is 7.35. The zero-order chi connectivity index (χ0) is 27.9. The number of terminal acetylenes is 1. The first kappa shape index (κ1) is 27.6. The fourth-order valence-electron chi connectivity index (χ4n) is 5.00. The van der Waals surface area contributed by atoms with Crippen LogP contribution in [0.1, 0.15) is 60.5 Å². The first-order valence-electron chi connectivity index (χ1n) is 13.9. The van der Waals surface area contributed by atoms with Gasteiger partial charge in [-0.3, -0.25) is 14.5 Å². The van der Waals surface area contributed by atoms with E-state index in [4.69, 9.17) is 15.9 Å². The molecule has 4 aromatic rings. The number of ether oxygens (including phenoxy) is 2. The van der Waals surface area contributed by atoms with Gasteiger partial charge in [-0.2, -0.15) is 0 Å². The van der Waals surface area contributed by atoms with Crippen LogP contribution in [0, 0.1) is 12.3 Å². The lowest BCUT2D eigenvalue weighted by Crippen LogP contribution is -2.33. The van der Waals surface area contributed by atoms with Crippen molar-refractivity contribution in [1.29, 1.82) is 0 Å². The standard InChI is InChI=1S/C34H33NO4S/c1-3-8-31(36)39-28-16-12-26(13-17-28)34-32(29-18-9-24(4-2)23-30(29)40-34)33(37)25-10-14-27(15-11-25)38-22-21-35-19-6-5-7-20-35/h2,9-18,23H,3,5-8,19-22H2,1H3. The van der Waals surface area contributed by atoms with Gasteiger partial charge in [-0.05, 0) is 98.6 Å². The molecule has 1 fully saturated rings. The summed E-state index contributed by atoms with van der Waals surface area (Å²) in [5.74, 6) is 3.61. The van der Waals surface area contributed by atoms with E-state index in [0.717, 1.165) is 57.9 Å². The maximum Gasteiger partial charge on any atom is 0.311 e. The fourth-order valence-corrected chi connectivity index (χ4v) is 6.24. The molecular weight excluding hydrogens is 518 g/mol. The number of carbonyl (C=O) groups is 2. The van der Waals surface area contributed by atoms with Crippen molar-refractivity contribution in [3.63, 3.8) is 0 Å². The Kier molecular flexibility index (Phi) is 8.95. The number of likely N-dealkylation sites (tertiary alicyclic amines) is 1. The number of nitrogens with zero attached hydrogens (tertiary/aromatic N) is 1. The van der Waals surface area contributed by atoms with Gasteiger partial charge < -0.3 is 9.47 Å². The molecule has 0 atom stereocenters. The highest BCUT2D eigenvalue weighted by molar-refractivity contribution is 7.22. The molecule has 1 aliphatic rings. The molecule has 0 saturated carbocycles. The van der Waals surface area contributed by atoms with E-state index in [1.54, 1.807) is 12.1 Å². The second-order valence-corrected chi connectivity index (χ2v) is 11.1. The Morgan fingerprint density at radius 2 is 1.68 bits per heavy atom. The first-order valence-corrected chi connectivity index (χ1v) is 14.7. The minimum absolute atomic E-state index is 0.0620. The Morgan fingerprint density at radius 1 is 0.950 bits per heavy atom. The first-order chi connectivity index (χ1) is 19.6. The molecule has 0 radical (unpaired) electrons. The minimum atomic E-state index is -0.256. The van der Waals surface area contributed by atoms with E-state index in [-0.39, 0.29) is 11.8 Å². The van der Waals surface area contributed by atoms with Gasteiger partial charge in [-0.25, -0.2) is 0 Å². The molecule has 204 valence electrons. The molecule has 40 heavy (non-hydrogen) atoms. The summed E-state index contributed by atoms with van der Waals surface area (Å²) in [6.07, 6.45) is 10.6. The number of hydrogen-bond donors (Lipinski definition) is 0. The third-order valence-electron chi connectivity index (χ3n) is 7.13. The summed E-state index contributed by atoms with van der Waals surface area (Å²) in [7, 11) is 0. The maximum absolute atomic E-state index is 13.9. The average Bonchev–Trinajstić information content (AvgIpc) is 3.37. The van der Waals surface area contributed by atoms with E-state index in [1.165, 1.54) is 30.6 Å². The molecule has 0 unspecified atom stereocenters. The number of rotatable bonds is 10. The lowest BCUT2D eigenvalue weighted by Gasteiger charge is -2.26. The van der Waals surface area contributed by atoms with Crippen LogP contribution in [0.15, 0.2) is 66.7 Å². The molecular formula is C34H33NO4S. The largest absolute Gasteiger partial charge is 0.492 e. The summed E-state index contributed by atoms with van der Waals surface area (Å²) >= 11 is 1.53. The Labute approximate surface area is 239 Å². The molecule has 0 aliphatic carbocycles. The summed E-state index contributed by atoms with van der Waals surface area (Å²) in [5.41, 5.74) is 2.87. The Morgan fingerprint density at radius 3 is 2.38 bits per heavy atom. The van der Waals surface area contributed by atoms with Gasteiger partial charge in [-0.15, -0.1) is 17.8 Å². The van der Waals surface area contributed by atoms with E-state index in [0.29, 0.717) is 29.9 Å². The van der Waals surface area contributed by atoms with Crippen LogP contribution in [0.25, 0.3) is 20.5 Å². The summed E-state index contributed by atoms with van der Waals surface area (Å²) in [6.45, 7) is 5.77. The lowest BCUT2D eigenvalue weighted by atomic mass is 9.97. The predicted molar refractivity (Wildman–Crippen MR) is 161 cm³/mol. The van der Waals surface area contributed by atoms with Crippen molar-refractivity contribution in [2.24, 2.45) is 0 Å². The Hall–Kier alpha value is -3.92. The Bertz CT molecular complexity index is 1520. The molecule has 0 N–H and O–H groups in total. The summed E-state index contributed by atoms with van der Waals surface area (Å²) < 4.78 is 12.3. The Balaban J connectivity index is 1.39. The fraction of sp³-hybridized carbons (Fsp3) is 0.294. The van der Waals surface area contributed by atoms with Gasteiger partial charge in [0.25, 0.3) is 0 Å². The van der Waals surface area contributed by atoms with E-state index in [1.807, 2.05) is 61.5 Å². The molecule has 1 aliphatic heterocycles. The van der Waals surface area contributed by atoms with Crippen molar-refractivity contribution >= 4 is 33.2 Å². The van der Waals surface area contributed by atoms with Gasteiger partial charge in [0.15, 0.2) is 5.78 Å². The van der Waals surface area contributed by atoms with Crippen molar-refractivity contribution in [2.75, 3.05) is 26.2 Å². The van der Waals surface area contributed by atoms with Crippen LogP contribution >= 0.6 is 11.3 Å². The highest BCUT2D eigenvalue weighted by Gasteiger charge is 2.22. The van der Waals surface area contributed by atoms with E-state index < -0.39 is 0 Å². The molecule has 5 rings (SSSR count). The van der Waals surface area contributed by atoms with Crippen LogP contribution in [-0.2, 0) is 4.79 Å². The van der Waals surface area contributed by atoms with E-state index in [2.05, 4.69) is 10.8 Å². The van der Waals surface area contributed by atoms with Gasteiger partial charge in [0, 0.05) is 44.6 Å². The van der Waals surface area contributed by atoms with E-state index >= 15 is 0 Å². The summed E-state index contributed by atoms with van der Waals surface area (Å²) in [5, 5.41) is 0.865. The highest BCUT2D eigenvalue weighted by atomic mass is 32.1. The van der Waals surface area contributed by atoms with Crippen LogP contribution in [0.5, 0.6) is 11.5 Å². The van der Waals surface area contributed by atoms with Crippen molar-refractivity contribution in [2.45, 2.75) is 39.0 Å². The number of piperidine rings is 1. The second-order valence-electron chi connectivity index (χ2n) is 10.0. The topological polar surface area (TPSA) is 55.8 Å². The van der Waals surface area contributed by atoms with Gasteiger partial charge in [0.1, 0.15) is 18.1 Å². The van der Waals surface area contributed by atoms with Crippen LogP contribution in [0.3, 0.4) is 0 Å². The zero-order valence-electron chi connectivity index (χ0n) is 22.8. The third kappa shape index (κ3) is 6.44. The average molecular weight is 552 g/mol. The van der Waals surface area contributed by atoms with Crippen molar-refractivity contribution in [1.82, 2.24) is 4.90 Å². The zero-order valence-corrected chi connectivity index (χ0v) is 23.6. The SMILES string of the molecule is C#Cc1ccc2c(C(=O)c3ccc(OCCN4CCCCC4)cc3)c(-c3ccc(OC(=O)CCC)cc3)sc2c1. The molecule has 0 amide bonds. The number of carbonyl (C=O) groups excluding carboxylic acids is 2. The summed E-state index contributed by atoms with van der Waals surface area (Å²) in [4.78, 5) is 29.1. The molecule has 3 aromatic carbocycles. The summed E-state index contributed by atoms with van der Waals surface area (Å²) in [6, 6.07) is 20.4. The van der Waals surface area contributed by atoms with E-state index in [9.17, 15) is 9.59 Å². The maximum atomic E-state index is 13.9. The second kappa shape index (κ2) is 13.0. The quantitative estimate of drug-likeness (QED) is 0.0893. The molecule has 0 bridgehead atoms. The molecule has 2 heterocycles. The lowest BCUT2D eigenvalue weighted by molar-refractivity contribution is -0.134. The molecule has 6 heteroatoms. The van der Waals surface area contributed by atoms with Gasteiger partial charge in [-0.1, -0.05) is 25.3 Å². The van der Waals surface area contributed by atoms with Gasteiger partial charge in [0.05, 0.1) is 0 Å². The highest BCUT2D eigenvalue weighted by Crippen LogP contribution is 2.41. The minimum Gasteiger partial charge on any atom is -0.492 e. The number of esters is 1. The number of fused-ring (bicyclic) bond motifs is 1. The van der Waals surface area contributed by atoms with Crippen LogP contribution in [0.2, 0.25) is 0 Å². The van der Waals surface area contributed by atoms with Crippen molar-refractivity contribution < 1.29 is 19.1 Å². The van der Waals surface area contributed by atoms with Crippen LogP contribution in [-0.4, -0.2) is 42.9 Å². The molecule has 1 saturated heterocycles. The van der Waals surface area contributed by atoms with Crippen LogP contribution < -0.4 is 9.47 Å². The number of ketones is 1. The van der Waals surface area contributed by atoms with Crippen LogP contribution in [0.4, 0.5) is 0 Å². The molecule has 5 nitrogen and oxygen atoms in total.